The molecule has 0 bridgehead atoms. The van der Waals surface area contributed by atoms with E-state index in [2.05, 4.69) is 14.9 Å². The molecule has 0 aliphatic carbocycles. The van der Waals surface area contributed by atoms with Crippen LogP contribution in [0.5, 0.6) is 0 Å². The van der Waals surface area contributed by atoms with Gasteiger partial charge in [0, 0.05) is 38.0 Å². The fraction of sp³-hybridized carbons (Fsp3) is 0.750. The minimum atomic E-state index is -0.465. The maximum Gasteiger partial charge on any atom is 0.407 e. The van der Waals surface area contributed by atoms with Gasteiger partial charge in [0.15, 0.2) is 0 Å². The van der Waals surface area contributed by atoms with Crippen LogP contribution in [-0.2, 0) is 22.4 Å². The molecule has 1 atom stereocenters. The second-order valence-electron chi connectivity index (χ2n) is 6.68. The van der Waals surface area contributed by atoms with Crippen LogP contribution in [0.2, 0.25) is 0 Å². The van der Waals surface area contributed by atoms with Crippen molar-refractivity contribution in [2.24, 2.45) is 0 Å². The summed E-state index contributed by atoms with van der Waals surface area (Å²) in [5.41, 5.74) is 0.654. The van der Waals surface area contributed by atoms with Crippen LogP contribution in [0.15, 0.2) is 12.5 Å². The number of imidazole rings is 1. The average Bonchev–Trinajstić information content (AvgIpc) is 3.04. The number of amides is 1. The second kappa shape index (κ2) is 7.63. The van der Waals surface area contributed by atoms with Crippen molar-refractivity contribution in [2.75, 3.05) is 13.2 Å². The second-order valence-corrected chi connectivity index (χ2v) is 6.68. The quantitative estimate of drug-likeness (QED) is 0.877. The molecule has 6 heteroatoms. The van der Waals surface area contributed by atoms with E-state index in [1.807, 2.05) is 33.3 Å². The number of nitrogens with zero attached hydrogens (tertiary/aromatic N) is 2. The van der Waals surface area contributed by atoms with Gasteiger partial charge in [-0.15, -0.1) is 0 Å². The normalized spacial score (nSPS) is 18.4. The van der Waals surface area contributed by atoms with Gasteiger partial charge in [0.25, 0.3) is 0 Å². The number of carbonyl (C=O) groups is 1. The molecule has 124 valence electrons. The van der Waals surface area contributed by atoms with Crippen LogP contribution in [0, 0.1) is 0 Å². The van der Waals surface area contributed by atoms with Gasteiger partial charge in [0.1, 0.15) is 5.60 Å². The van der Waals surface area contributed by atoms with Gasteiger partial charge in [-0.3, -0.25) is 0 Å². The Labute approximate surface area is 132 Å². The molecule has 1 N–H and O–H groups in total. The van der Waals surface area contributed by atoms with Gasteiger partial charge in [-0.25, -0.2) is 9.78 Å². The summed E-state index contributed by atoms with van der Waals surface area (Å²) in [5.74, 6) is 0. The first-order chi connectivity index (χ1) is 10.4. The monoisotopic (exact) mass is 309 g/mol. The molecule has 0 spiro atoms. The number of carbonyl (C=O) groups excluding carboxylic acids is 1. The first kappa shape index (κ1) is 16.8. The highest BCUT2D eigenvalue weighted by atomic mass is 16.6. The SMILES string of the molecule is CC(C)(C)OC(=O)NCCc1cncn1CCC1CCCO1. The van der Waals surface area contributed by atoms with Crippen LogP contribution in [0.25, 0.3) is 0 Å². The summed E-state index contributed by atoms with van der Waals surface area (Å²) in [4.78, 5) is 15.8. The molecule has 0 radical (unpaired) electrons. The minimum Gasteiger partial charge on any atom is -0.444 e. The Bertz CT molecular complexity index is 473. The van der Waals surface area contributed by atoms with Crippen molar-refractivity contribution in [3.05, 3.63) is 18.2 Å². The van der Waals surface area contributed by atoms with Gasteiger partial charge in [-0.1, -0.05) is 0 Å². The lowest BCUT2D eigenvalue weighted by atomic mass is 10.2. The van der Waals surface area contributed by atoms with Crippen molar-refractivity contribution >= 4 is 6.09 Å². The maximum atomic E-state index is 11.6. The standard InChI is InChI=1S/C16H27N3O3/c1-16(2,3)22-15(20)18-8-6-13-11-17-12-19(13)9-7-14-5-4-10-21-14/h11-12,14H,4-10H2,1-3H3,(H,18,20). The summed E-state index contributed by atoms with van der Waals surface area (Å²) in [5, 5.41) is 2.77. The van der Waals surface area contributed by atoms with Crippen LogP contribution >= 0.6 is 0 Å². The van der Waals surface area contributed by atoms with Crippen molar-refractivity contribution in [1.29, 1.82) is 0 Å². The molecule has 1 aromatic rings. The lowest BCUT2D eigenvalue weighted by Gasteiger charge is -2.19. The molecule has 1 fully saturated rings. The third kappa shape index (κ3) is 5.67. The Morgan fingerprint density at radius 2 is 2.36 bits per heavy atom. The predicted molar refractivity (Wildman–Crippen MR) is 83.8 cm³/mol. The van der Waals surface area contributed by atoms with E-state index in [-0.39, 0.29) is 6.09 Å². The molecular weight excluding hydrogens is 282 g/mol. The largest absolute Gasteiger partial charge is 0.444 e. The third-order valence-electron chi connectivity index (χ3n) is 3.56. The lowest BCUT2D eigenvalue weighted by molar-refractivity contribution is 0.0528. The van der Waals surface area contributed by atoms with E-state index in [9.17, 15) is 4.79 Å². The van der Waals surface area contributed by atoms with E-state index in [1.54, 1.807) is 0 Å². The topological polar surface area (TPSA) is 65.4 Å². The van der Waals surface area contributed by atoms with Crippen molar-refractivity contribution < 1.29 is 14.3 Å². The third-order valence-corrected chi connectivity index (χ3v) is 3.56. The first-order valence-corrected chi connectivity index (χ1v) is 8.01. The summed E-state index contributed by atoms with van der Waals surface area (Å²) >= 11 is 0. The van der Waals surface area contributed by atoms with E-state index in [1.165, 1.54) is 6.42 Å². The number of alkyl carbamates (subject to hydrolysis) is 1. The van der Waals surface area contributed by atoms with Crippen molar-refractivity contribution in [1.82, 2.24) is 14.9 Å². The highest BCUT2D eigenvalue weighted by Crippen LogP contribution is 2.16. The molecule has 1 unspecified atom stereocenters. The number of ether oxygens (including phenoxy) is 2. The molecule has 1 aliphatic heterocycles. The zero-order valence-corrected chi connectivity index (χ0v) is 13.8. The summed E-state index contributed by atoms with van der Waals surface area (Å²) in [7, 11) is 0. The van der Waals surface area contributed by atoms with E-state index in [0.717, 1.165) is 38.1 Å². The first-order valence-electron chi connectivity index (χ1n) is 8.01. The van der Waals surface area contributed by atoms with Gasteiger partial charge in [0.05, 0.1) is 12.4 Å². The molecule has 2 heterocycles. The van der Waals surface area contributed by atoms with Crippen LogP contribution in [0.1, 0.15) is 45.7 Å². The van der Waals surface area contributed by atoms with Gasteiger partial charge >= 0.3 is 6.09 Å². The van der Waals surface area contributed by atoms with Crippen molar-refractivity contribution in [3.8, 4) is 0 Å². The maximum absolute atomic E-state index is 11.6. The molecule has 0 saturated carbocycles. The highest BCUT2D eigenvalue weighted by Gasteiger charge is 2.17. The fourth-order valence-electron chi connectivity index (χ4n) is 2.52. The van der Waals surface area contributed by atoms with Gasteiger partial charge in [0.2, 0.25) is 0 Å². The van der Waals surface area contributed by atoms with E-state index in [4.69, 9.17) is 9.47 Å². The Morgan fingerprint density at radius 1 is 1.55 bits per heavy atom. The van der Waals surface area contributed by atoms with Crippen LogP contribution < -0.4 is 5.32 Å². The molecule has 2 rings (SSSR count). The fourth-order valence-corrected chi connectivity index (χ4v) is 2.52. The molecule has 1 aliphatic rings. The number of rotatable bonds is 6. The summed E-state index contributed by atoms with van der Waals surface area (Å²) < 4.78 is 13.0. The van der Waals surface area contributed by atoms with Gasteiger partial charge in [-0.05, 0) is 40.0 Å². The van der Waals surface area contributed by atoms with Gasteiger partial charge in [-0.2, -0.15) is 0 Å². The Hall–Kier alpha value is -1.56. The molecule has 1 amide bonds. The molecular formula is C16H27N3O3. The highest BCUT2D eigenvalue weighted by molar-refractivity contribution is 5.67. The van der Waals surface area contributed by atoms with E-state index in [0.29, 0.717) is 12.6 Å². The van der Waals surface area contributed by atoms with Crippen molar-refractivity contribution in [3.63, 3.8) is 0 Å². The predicted octanol–water partition coefficient (Wildman–Crippen LogP) is 2.52. The van der Waals surface area contributed by atoms with Crippen LogP contribution in [0.3, 0.4) is 0 Å². The van der Waals surface area contributed by atoms with Crippen LogP contribution in [0.4, 0.5) is 4.79 Å². The van der Waals surface area contributed by atoms with E-state index < -0.39 is 5.60 Å². The van der Waals surface area contributed by atoms with Crippen molar-refractivity contribution in [2.45, 2.75) is 64.7 Å². The Balaban J connectivity index is 1.71. The van der Waals surface area contributed by atoms with E-state index >= 15 is 0 Å². The van der Waals surface area contributed by atoms with Gasteiger partial charge < -0.3 is 19.4 Å². The zero-order valence-electron chi connectivity index (χ0n) is 13.8. The summed E-state index contributed by atoms with van der Waals surface area (Å²) in [6.07, 6.45) is 7.79. The molecule has 1 aromatic heterocycles. The Kier molecular flexibility index (Phi) is 5.83. The average molecular weight is 309 g/mol. The molecule has 22 heavy (non-hydrogen) atoms. The number of hydrogen-bond acceptors (Lipinski definition) is 4. The molecule has 0 aromatic carbocycles. The summed E-state index contributed by atoms with van der Waals surface area (Å²) in [6, 6.07) is 0. The Morgan fingerprint density at radius 3 is 3.05 bits per heavy atom. The number of aryl methyl sites for hydroxylation is 1. The minimum absolute atomic E-state index is 0.377. The number of aromatic nitrogens is 2. The summed E-state index contributed by atoms with van der Waals surface area (Å²) in [6.45, 7) is 7.90. The van der Waals surface area contributed by atoms with Crippen LogP contribution in [-0.4, -0.2) is 40.5 Å². The number of nitrogens with one attached hydrogen (secondary N) is 1. The smallest absolute Gasteiger partial charge is 0.407 e. The molecule has 1 saturated heterocycles. The zero-order chi connectivity index (χ0) is 16.0. The number of hydrogen-bond donors (Lipinski definition) is 1. The lowest BCUT2D eigenvalue weighted by Crippen LogP contribution is -2.33. The molecule has 6 nitrogen and oxygen atoms in total.